The molecule has 8 nitrogen and oxygen atoms in total. The topological polar surface area (TPSA) is 121 Å². The third-order valence-electron chi connectivity index (χ3n) is 3.39. The second-order valence-electron chi connectivity index (χ2n) is 5.43. The van der Waals surface area contributed by atoms with E-state index in [1.807, 2.05) is 10.0 Å². The second kappa shape index (κ2) is 7.43. The lowest BCUT2D eigenvalue weighted by atomic mass is 10.1. The fraction of sp³-hybridized carbons (Fsp3) is 0.267. The van der Waals surface area contributed by atoms with Crippen molar-refractivity contribution in [1.29, 1.82) is 0 Å². The van der Waals surface area contributed by atoms with E-state index in [4.69, 9.17) is 0 Å². The lowest BCUT2D eigenvalue weighted by molar-refractivity contribution is -0.120. The predicted octanol–water partition coefficient (Wildman–Crippen LogP) is 0.273. The molecule has 25 heavy (non-hydrogen) atoms. The summed E-state index contributed by atoms with van der Waals surface area (Å²) in [6.07, 6.45) is 1.25. The molecular formula is C15H16FN3O5S. The van der Waals surface area contributed by atoms with Gasteiger partial charge in [-0.15, -0.1) is 0 Å². The van der Waals surface area contributed by atoms with E-state index in [0.29, 0.717) is 5.56 Å². The molecule has 1 fully saturated rings. The first-order valence-electron chi connectivity index (χ1n) is 7.26. The van der Waals surface area contributed by atoms with Gasteiger partial charge in [-0.25, -0.2) is 22.3 Å². The highest BCUT2D eigenvalue weighted by atomic mass is 32.2. The smallest absolute Gasteiger partial charge is 0.322 e. The van der Waals surface area contributed by atoms with Gasteiger partial charge in [-0.05, 0) is 37.1 Å². The Labute approximate surface area is 143 Å². The van der Waals surface area contributed by atoms with Gasteiger partial charge in [-0.1, -0.05) is 12.1 Å². The van der Waals surface area contributed by atoms with Crippen LogP contribution in [-0.2, 0) is 19.6 Å². The molecule has 0 spiro atoms. The van der Waals surface area contributed by atoms with E-state index in [1.165, 1.54) is 37.3 Å². The highest BCUT2D eigenvalue weighted by molar-refractivity contribution is 7.90. The van der Waals surface area contributed by atoms with Gasteiger partial charge in [-0.3, -0.25) is 14.9 Å². The number of urea groups is 1. The number of hydrogen-bond acceptors (Lipinski definition) is 5. The molecular weight excluding hydrogens is 353 g/mol. The number of carbonyl (C=O) groups excluding carboxylic acids is 3. The molecule has 4 amide bonds. The lowest BCUT2D eigenvalue weighted by Gasteiger charge is -2.09. The fourth-order valence-corrected chi connectivity index (χ4v) is 3.17. The quantitative estimate of drug-likeness (QED) is 0.491. The van der Waals surface area contributed by atoms with Crippen molar-refractivity contribution in [2.24, 2.45) is 0 Å². The third kappa shape index (κ3) is 5.38. The minimum Gasteiger partial charge on any atom is -0.326 e. The molecule has 0 aromatic heterocycles. The predicted molar refractivity (Wildman–Crippen MR) is 87.1 cm³/mol. The van der Waals surface area contributed by atoms with Gasteiger partial charge in [-0.2, -0.15) is 0 Å². The largest absolute Gasteiger partial charge is 0.326 e. The number of carbonyl (C=O) groups is 3. The molecule has 10 heteroatoms. The molecule has 2 rings (SSSR count). The van der Waals surface area contributed by atoms with Crippen LogP contribution in [-0.4, -0.2) is 38.1 Å². The average molecular weight is 369 g/mol. The molecule has 1 aliphatic heterocycles. The monoisotopic (exact) mass is 369 g/mol. The van der Waals surface area contributed by atoms with Crippen molar-refractivity contribution in [3.8, 4) is 0 Å². The second-order valence-corrected chi connectivity index (χ2v) is 7.27. The van der Waals surface area contributed by atoms with Crippen LogP contribution in [0.25, 0.3) is 6.08 Å². The maximum Gasteiger partial charge on any atom is 0.322 e. The Balaban J connectivity index is 1.94. The number of hydrogen-bond donors (Lipinski definition) is 3. The SMILES string of the molecule is C/C(=C\c1ccc(F)cc1)C(=O)NS(=O)(=O)CCC1NC(=O)NC1=O. The minimum absolute atomic E-state index is 0.113. The summed E-state index contributed by atoms with van der Waals surface area (Å²) < 4.78 is 38.6. The van der Waals surface area contributed by atoms with Gasteiger partial charge in [0.05, 0.1) is 5.75 Å². The molecule has 1 heterocycles. The number of halogens is 1. The molecule has 1 aromatic rings. The average Bonchev–Trinajstić information content (AvgIpc) is 2.85. The standard InChI is InChI=1S/C15H16FN3O5S/c1-9(8-10-2-4-11(16)5-3-10)13(20)19-25(23,24)7-6-12-14(21)18-15(22)17-12/h2-5,8,12H,6-7H2,1H3,(H,19,20)(H2,17,18,21,22)/b9-8+. The van der Waals surface area contributed by atoms with Crippen molar-refractivity contribution in [2.45, 2.75) is 19.4 Å². The summed E-state index contributed by atoms with van der Waals surface area (Å²) in [6.45, 7) is 1.42. The van der Waals surface area contributed by atoms with Crippen LogP contribution in [0.1, 0.15) is 18.9 Å². The highest BCUT2D eigenvalue weighted by Gasteiger charge is 2.30. The molecule has 1 aromatic carbocycles. The summed E-state index contributed by atoms with van der Waals surface area (Å²) >= 11 is 0. The van der Waals surface area contributed by atoms with Crippen LogP contribution in [0, 0.1) is 5.82 Å². The summed E-state index contributed by atoms with van der Waals surface area (Å²) in [7, 11) is -3.98. The van der Waals surface area contributed by atoms with Gasteiger partial charge in [0.1, 0.15) is 11.9 Å². The zero-order chi connectivity index (χ0) is 18.6. The minimum atomic E-state index is -3.98. The number of imide groups is 1. The molecule has 0 saturated carbocycles. The van der Waals surface area contributed by atoms with Crippen LogP contribution < -0.4 is 15.4 Å². The Hall–Kier alpha value is -2.75. The van der Waals surface area contributed by atoms with Gasteiger partial charge in [0, 0.05) is 5.57 Å². The molecule has 3 N–H and O–H groups in total. The normalized spacial score (nSPS) is 17.8. The summed E-state index contributed by atoms with van der Waals surface area (Å²) in [5.74, 6) is -2.38. The first-order chi connectivity index (χ1) is 11.7. The molecule has 1 saturated heterocycles. The van der Waals surface area contributed by atoms with Crippen molar-refractivity contribution in [1.82, 2.24) is 15.4 Å². The Bertz CT molecular complexity index is 833. The van der Waals surface area contributed by atoms with Crippen LogP contribution in [0.4, 0.5) is 9.18 Å². The van der Waals surface area contributed by atoms with Crippen LogP contribution in [0.15, 0.2) is 29.8 Å². The zero-order valence-electron chi connectivity index (χ0n) is 13.2. The van der Waals surface area contributed by atoms with Crippen LogP contribution >= 0.6 is 0 Å². The van der Waals surface area contributed by atoms with Gasteiger partial charge in [0.2, 0.25) is 10.0 Å². The number of rotatable bonds is 6. The number of sulfonamides is 1. The van der Waals surface area contributed by atoms with E-state index >= 15 is 0 Å². The van der Waals surface area contributed by atoms with Crippen molar-refractivity contribution >= 4 is 33.9 Å². The van der Waals surface area contributed by atoms with Crippen molar-refractivity contribution in [3.63, 3.8) is 0 Å². The molecule has 0 radical (unpaired) electrons. The van der Waals surface area contributed by atoms with Crippen molar-refractivity contribution in [2.75, 3.05) is 5.75 Å². The molecule has 1 aliphatic rings. The summed E-state index contributed by atoms with van der Waals surface area (Å²) in [5, 5.41) is 4.26. The van der Waals surface area contributed by atoms with Crippen molar-refractivity contribution in [3.05, 3.63) is 41.2 Å². The fourth-order valence-electron chi connectivity index (χ4n) is 2.08. The number of benzene rings is 1. The van der Waals surface area contributed by atoms with E-state index in [0.717, 1.165) is 0 Å². The molecule has 1 unspecified atom stereocenters. The Morgan fingerprint density at radius 3 is 2.48 bits per heavy atom. The summed E-state index contributed by atoms with van der Waals surface area (Å²) in [4.78, 5) is 34.3. The van der Waals surface area contributed by atoms with Gasteiger partial charge in [0.15, 0.2) is 0 Å². The number of nitrogens with one attached hydrogen (secondary N) is 3. The van der Waals surface area contributed by atoms with Crippen LogP contribution in [0.3, 0.4) is 0 Å². The van der Waals surface area contributed by atoms with Crippen LogP contribution in [0.2, 0.25) is 0 Å². The maximum absolute atomic E-state index is 12.8. The molecule has 134 valence electrons. The van der Waals surface area contributed by atoms with Crippen molar-refractivity contribution < 1.29 is 27.2 Å². The van der Waals surface area contributed by atoms with E-state index in [-0.39, 0.29) is 12.0 Å². The van der Waals surface area contributed by atoms with Gasteiger partial charge in [0.25, 0.3) is 11.8 Å². The first-order valence-corrected chi connectivity index (χ1v) is 8.91. The van der Waals surface area contributed by atoms with Crippen LogP contribution in [0.5, 0.6) is 0 Å². The molecule has 0 bridgehead atoms. The van der Waals surface area contributed by atoms with E-state index in [9.17, 15) is 27.2 Å². The Morgan fingerprint density at radius 2 is 1.92 bits per heavy atom. The third-order valence-corrected chi connectivity index (χ3v) is 4.66. The van der Waals surface area contributed by atoms with E-state index in [1.54, 1.807) is 0 Å². The highest BCUT2D eigenvalue weighted by Crippen LogP contribution is 2.09. The first kappa shape index (κ1) is 18.6. The summed E-state index contributed by atoms with van der Waals surface area (Å²) in [6, 6.07) is 3.69. The van der Waals surface area contributed by atoms with Gasteiger partial charge < -0.3 is 5.32 Å². The molecule has 0 aliphatic carbocycles. The van der Waals surface area contributed by atoms with E-state index < -0.39 is 45.5 Å². The Kier molecular flexibility index (Phi) is 5.52. The van der Waals surface area contributed by atoms with Gasteiger partial charge >= 0.3 is 6.03 Å². The Morgan fingerprint density at radius 1 is 1.28 bits per heavy atom. The maximum atomic E-state index is 12.8. The lowest BCUT2D eigenvalue weighted by Crippen LogP contribution is -2.37. The zero-order valence-corrected chi connectivity index (χ0v) is 14.0. The number of amides is 4. The summed E-state index contributed by atoms with van der Waals surface area (Å²) in [5.41, 5.74) is 0.652. The van der Waals surface area contributed by atoms with E-state index in [2.05, 4.69) is 5.32 Å². The molecule has 1 atom stereocenters.